The topological polar surface area (TPSA) is 96.3 Å². The van der Waals surface area contributed by atoms with Crippen molar-refractivity contribution in [1.29, 1.82) is 0 Å². The lowest BCUT2D eigenvalue weighted by molar-refractivity contribution is -0.138. The van der Waals surface area contributed by atoms with Crippen LogP contribution < -0.4 is 10.7 Å². The number of benzene rings is 2. The van der Waals surface area contributed by atoms with Crippen molar-refractivity contribution >= 4 is 41.2 Å². The molecule has 4 amide bonds. The average Bonchev–Trinajstić information content (AvgIpc) is 3.37. The third-order valence-electron chi connectivity index (χ3n) is 5.15. The normalized spacial score (nSPS) is 18.0. The van der Waals surface area contributed by atoms with E-state index in [1.165, 1.54) is 11.8 Å². The number of amides is 4. The van der Waals surface area contributed by atoms with Crippen LogP contribution in [0.5, 0.6) is 0 Å². The molecule has 2 aromatic carbocycles. The molecule has 1 aliphatic rings. The molecule has 8 nitrogen and oxygen atoms in total. The third kappa shape index (κ3) is 4.09. The van der Waals surface area contributed by atoms with Gasteiger partial charge in [-0.25, -0.2) is 9.78 Å². The molecule has 4 rings (SSSR count). The molecular weight excluding hydrogens is 450 g/mol. The number of imide groups is 1. The van der Waals surface area contributed by atoms with Crippen molar-refractivity contribution in [2.45, 2.75) is 24.0 Å². The van der Waals surface area contributed by atoms with Gasteiger partial charge in [0, 0.05) is 23.1 Å². The molecule has 1 fully saturated rings. The Kier molecular flexibility index (Phi) is 6.20. The molecular formula is C22H20ClN5O3S. The molecule has 1 aromatic heterocycles. The summed E-state index contributed by atoms with van der Waals surface area (Å²) in [6.07, 6.45) is 3.73. The van der Waals surface area contributed by atoms with Crippen molar-refractivity contribution < 1.29 is 14.4 Å². The minimum atomic E-state index is -1.21. The number of thioether (sulfide) groups is 1. The zero-order valence-corrected chi connectivity index (χ0v) is 18.7. The maximum absolute atomic E-state index is 13.1. The van der Waals surface area contributed by atoms with Gasteiger partial charge in [0.05, 0.1) is 5.75 Å². The monoisotopic (exact) mass is 469 g/mol. The van der Waals surface area contributed by atoms with E-state index in [-0.39, 0.29) is 5.75 Å². The Bertz CT molecular complexity index is 1170. The van der Waals surface area contributed by atoms with Crippen LogP contribution in [0.4, 0.5) is 4.79 Å². The Morgan fingerprint density at radius 3 is 2.69 bits per heavy atom. The van der Waals surface area contributed by atoms with E-state index < -0.39 is 23.4 Å². The first kappa shape index (κ1) is 21.9. The molecule has 1 aliphatic heterocycles. The Balaban J connectivity index is 1.44. The summed E-state index contributed by atoms with van der Waals surface area (Å²) < 4.78 is 1.80. The first-order valence-electron chi connectivity index (χ1n) is 9.88. The number of rotatable bonds is 7. The van der Waals surface area contributed by atoms with E-state index in [1.807, 2.05) is 25.1 Å². The molecule has 1 atom stereocenters. The minimum Gasteiger partial charge on any atom is -0.318 e. The zero-order chi connectivity index (χ0) is 22.7. The first-order valence-corrected chi connectivity index (χ1v) is 11.2. The first-order chi connectivity index (χ1) is 15.4. The van der Waals surface area contributed by atoms with Crippen LogP contribution in [0.2, 0.25) is 5.02 Å². The van der Waals surface area contributed by atoms with Crippen LogP contribution in [0.1, 0.15) is 18.9 Å². The molecule has 0 saturated carbocycles. The fraction of sp³-hybridized carbons (Fsp3) is 0.182. The van der Waals surface area contributed by atoms with Crippen LogP contribution in [0.25, 0.3) is 5.69 Å². The maximum Gasteiger partial charge on any atom is 0.344 e. The lowest BCUT2D eigenvalue weighted by Gasteiger charge is -2.25. The predicted molar refractivity (Wildman–Crippen MR) is 121 cm³/mol. The molecule has 10 heteroatoms. The average molecular weight is 470 g/mol. The second-order valence-electron chi connectivity index (χ2n) is 7.08. The summed E-state index contributed by atoms with van der Waals surface area (Å²) in [5, 5.41) is 4.64. The Labute approximate surface area is 193 Å². The van der Waals surface area contributed by atoms with E-state index in [4.69, 9.17) is 11.6 Å². The van der Waals surface area contributed by atoms with Crippen molar-refractivity contribution in [2.75, 3.05) is 5.75 Å². The van der Waals surface area contributed by atoms with Crippen LogP contribution in [0, 0.1) is 0 Å². The van der Waals surface area contributed by atoms with Crippen LogP contribution >= 0.6 is 23.4 Å². The van der Waals surface area contributed by atoms with Crippen LogP contribution in [-0.2, 0) is 15.1 Å². The van der Waals surface area contributed by atoms with Gasteiger partial charge in [-0.1, -0.05) is 66.7 Å². The van der Waals surface area contributed by atoms with E-state index >= 15 is 0 Å². The number of halogens is 1. The number of imidazole rings is 1. The summed E-state index contributed by atoms with van der Waals surface area (Å²) in [4.78, 5) is 42.5. The van der Waals surface area contributed by atoms with Crippen LogP contribution in [-0.4, -0.2) is 38.2 Å². The van der Waals surface area contributed by atoms with Crippen molar-refractivity contribution in [3.8, 4) is 5.69 Å². The third-order valence-corrected chi connectivity index (χ3v) is 6.35. The Hall–Kier alpha value is -3.30. The second-order valence-corrected chi connectivity index (χ2v) is 8.46. The molecule has 0 spiro atoms. The SMILES string of the molecule is CCC1(c2ccccc2)NC(=O)N(NC(=O)CSc2nccn2-c2cccc(Cl)c2)C1=O. The largest absolute Gasteiger partial charge is 0.344 e. The van der Waals surface area contributed by atoms with Crippen molar-refractivity contribution in [1.82, 2.24) is 25.3 Å². The van der Waals surface area contributed by atoms with Gasteiger partial charge in [-0.15, -0.1) is 0 Å². The fourth-order valence-corrected chi connectivity index (χ4v) is 4.49. The molecule has 2 N–H and O–H groups in total. The highest BCUT2D eigenvalue weighted by Gasteiger charge is 2.52. The van der Waals surface area contributed by atoms with Crippen LogP contribution in [0.3, 0.4) is 0 Å². The Morgan fingerprint density at radius 1 is 1.19 bits per heavy atom. The van der Waals surface area contributed by atoms with Gasteiger partial charge in [-0.2, -0.15) is 5.01 Å². The highest BCUT2D eigenvalue weighted by Crippen LogP contribution is 2.31. The van der Waals surface area contributed by atoms with Crippen molar-refractivity contribution in [2.24, 2.45) is 0 Å². The van der Waals surface area contributed by atoms with E-state index in [2.05, 4.69) is 15.7 Å². The number of carbonyl (C=O) groups excluding carboxylic acids is 3. The minimum absolute atomic E-state index is 0.0426. The van der Waals surface area contributed by atoms with Gasteiger partial charge in [0.2, 0.25) is 5.91 Å². The number of hydrogen-bond acceptors (Lipinski definition) is 5. The molecule has 2 heterocycles. The van der Waals surface area contributed by atoms with Gasteiger partial charge >= 0.3 is 6.03 Å². The van der Waals surface area contributed by atoms with Gasteiger partial charge < -0.3 is 5.32 Å². The highest BCUT2D eigenvalue weighted by molar-refractivity contribution is 7.99. The summed E-state index contributed by atoms with van der Waals surface area (Å²) in [5.74, 6) is -1.06. The number of hydrazine groups is 1. The van der Waals surface area contributed by atoms with Gasteiger partial charge in [0.15, 0.2) is 5.16 Å². The molecule has 1 saturated heterocycles. The lowest BCUT2D eigenvalue weighted by atomic mass is 9.87. The van der Waals surface area contributed by atoms with Gasteiger partial charge in [0.1, 0.15) is 5.54 Å². The van der Waals surface area contributed by atoms with Gasteiger partial charge in [-0.3, -0.25) is 19.6 Å². The van der Waals surface area contributed by atoms with Crippen molar-refractivity contribution in [3.63, 3.8) is 0 Å². The van der Waals surface area contributed by atoms with Gasteiger partial charge in [0.25, 0.3) is 5.91 Å². The fourth-order valence-electron chi connectivity index (χ4n) is 3.54. The number of carbonyl (C=O) groups is 3. The number of urea groups is 1. The zero-order valence-electron chi connectivity index (χ0n) is 17.1. The highest BCUT2D eigenvalue weighted by atomic mass is 35.5. The summed E-state index contributed by atoms with van der Waals surface area (Å²) in [6.45, 7) is 1.81. The number of nitrogens with zero attached hydrogens (tertiary/aromatic N) is 3. The summed E-state index contributed by atoms with van der Waals surface area (Å²) in [6, 6.07) is 15.6. The standard InChI is InChI=1S/C22H20ClN5O3S/c1-2-22(15-7-4-3-5-8-15)19(30)28(20(31)25-22)26-18(29)14-32-21-24-11-12-27(21)17-10-6-9-16(23)13-17/h3-13H,2,14H2,1H3,(H,25,31)(H,26,29). The molecule has 0 aliphatic carbocycles. The predicted octanol–water partition coefficient (Wildman–Crippen LogP) is 3.51. The summed E-state index contributed by atoms with van der Waals surface area (Å²) in [5.41, 5.74) is 2.69. The molecule has 0 radical (unpaired) electrons. The summed E-state index contributed by atoms with van der Waals surface area (Å²) >= 11 is 7.24. The molecule has 0 bridgehead atoms. The van der Waals surface area contributed by atoms with E-state index in [9.17, 15) is 14.4 Å². The molecule has 1 unspecified atom stereocenters. The second kappa shape index (κ2) is 9.05. The lowest BCUT2D eigenvalue weighted by Crippen LogP contribution is -2.49. The van der Waals surface area contributed by atoms with E-state index in [0.29, 0.717) is 22.2 Å². The maximum atomic E-state index is 13.1. The molecule has 32 heavy (non-hydrogen) atoms. The van der Waals surface area contributed by atoms with E-state index in [0.717, 1.165) is 10.7 Å². The van der Waals surface area contributed by atoms with E-state index in [1.54, 1.807) is 53.4 Å². The summed E-state index contributed by atoms with van der Waals surface area (Å²) in [7, 11) is 0. The number of hydrogen-bond donors (Lipinski definition) is 2. The molecule has 3 aromatic rings. The molecule has 164 valence electrons. The number of aromatic nitrogens is 2. The number of nitrogens with one attached hydrogen (secondary N) is 2. The smallest absolute Gasteiger partial charge is 0.318 e. The van der Waals surface area contributed by atoms with Crippen LogP contribution in [0.15, 0.2) is 72.1 Å². The Morgan fingerprint density at radius 2 is 1.97 bits per heavy atom. The quantitative estimate of drug-likeness (QED) is 0.408. The van der Waals surface area contributed by atoms with Gasteiger partial charge in [-0.05, 0) is 30.2 Å². The van der Waals surface area contributed by atoms with Crippen molar-refractivity contribution in [3.05, 3.63) is 77.6 Å².